The van der Waals surface area contributed by atoms with Crippen LogP contribution >= 0.6 is 34.5 Å². The number of fused-ring (bicyclic) bond motifs is 1. The summed E-state index contributed by atoms with van der Waals surface area (Å²) in [6.07, 6.45) is 1.57. The second-order valence-electron chi connectivity index (χ2n) is 4.60. The highest BCUT2D eigenvalue weighted by Crippen LogP contribution is 2.30. The van der Waals surface area contributed by atoms with Crippen LogP contribution in [0.15, 0.2) is 30.5 Å². The molecule has 0 N–H and O–H groups in total. The fourth-order valence-electron chi connectivity index (χ4n) is 2.14. The van der Waals surface area contributed by atoms with E-state index in [1.165, 1.54) is 11.3 Å². The van der Waals surface area contributed by atoms with E-state index < -0.39 is 0 Å². The molecule has 0 amide bonds. The Kier molecular flexibility index (Phi) is 3.14. The smallest absolute Gasteiger partial charge is 0.235 e. The van der Waals surface area contributed by atoms with Gasteiger partial charge < -0.3 is 0 Å². The first-order chi connectivity index (χ1) is 10.6. The van der Waals surface area contributed by atoms with Gasteiger partial charge in [0.05, 0.1) is 11.2 Å². The zero-order valence-corrected chi connectivity index (χ0v) is 13.6. The van der Waals surface area contributed by atoms with Gasteiger partial charge in [-0.2, -0.15) is 14.7 Å². The van der Waals surface area contributed by atoms with E-state index in [9.17, 15) is 0 Å². The summed E-state index contributed by atoms with van der Waals surface area (Å²) in [4.78, 5) is 0.692. The Morgan fingerprint density at radius 1 is 1.09 bits per heavy atom. The van der Waals surface area contributed by atoms with E-state index >= 15 is 0 Å². The van der Waals surface area contributed by atoms with E-state index in [-0.39, 0.29) is 0 Å². The summed E-state index contributed by atoms with van der Waals surface area (Å²) in [6, 6.07) is 7.51. The average molecular weight is 351 g/mol. The molecule has 0 aliphatic carbocycles. The maximum atomic E-state index is 6.17. The van der Waals surface area contributed by atoms with E-state index in [0.717, 1.165) is 10.6 Å². The van der Waals surface area contributed by atoms with Crippen LogP contribution in [0.5, 0.6) is 0 Å². The van der Waals surface area contributed by atoms with E-state index in [0.29, 0.717) is 26.5 Å². The van der Waals surface area contributed by atoms with E-state index in [4.69, 9.17) is 23.2 Å². The monoisotopic (exact) mass is 350 g/mol. The van der Waals surface area contributed by atoms with Gasteiger partial charge >= 0.3 is 0 Å². The molecule has 0 aliphatic rings. The molecular formula is C13H8Cl2N6S. The van der Waals surface area contributed by atoms with Crippen LogP contribution in [0.3, 0.4) is 0 Å². The molecule has 3 heterocycles. The quantitative estimate of drug-likeness (QED) is 0.554. The Morgan fingerprint density at radius 2 is 1.86 bits per heavy atom. The fraction of sp³-hybridized carbons (Fsp3) is 0.0769. The van der Waals surface area contributed by atoms with Gasteiger partial charge in [0.25, 0.3) is 0 Å². The Bertz CT molecular complexity index is 949. The molecule has 0 atom stereocenters. The lowest BCUT2D eigenvalue weighted by molar-refractivity contribution is 0.764. The summed E-state index contributed by atoms with van der Waals surface area (Å²) < 4.78 is 3.33. The lowest BCUT2D eigenvalue weighted by atomic mass is 10.2. The second-order valence-corrected chi connectivity index (χ2v) is 6.40. The van der Waals surface area contributed by atoms with Gasteiger partial charge in [0.1, 0.15) is 10.7 Å². The van der Waals surface area contributed by atoms with Gasteiger partial charge in [0, 0.05) is 17.6 Å². The molecule has 0 saturated carbocycles. The van der Waals surface area contributed by atoms with Crippen LogP contribution in [0.4, 0.5) is 0 Å². The summed E-state index contributed by atoms with van der Waals surface area (Å²) in [5.74, 6) is 0.566. The van der Waals surface area contributed by atoms with Gasteiger partial charge in [0.2, 0.25) is 10.8 Å². The Labute approximate surface area is 138 Å². The van der Waals surface area contributed by atoms with Gasteiger partial charge in [-0.05, 0) is 12.1 Å². The zero-order chi connectivity index (χ0) is 15.3. The first-order valence-corrected chi connectivity index (χ1v) is 7.87. The molecule has 0 unspecified atom stereocenters. The summed E-state index contributed by atoms with van der Waals surface area (Å²) in [5, 5.41) is 19.1. The van der Waals surface area contributed by atoms with Crippen molar-refractivity contribution in [3.05, 3.63) is 40.5 Å². The highest BCUT2D eigenvalue weighted by atomic mass is 35.5. The van der Waals surface area contributed by atoms with Crippen molar-refractivity contribution in [2.75, 3.05) is 0 Å². The molecule has 22 heavy (non-hydrogen) atoms. The molecule has 9 heteroatoms. The molecule has 6 nitrogen and oxygen atoms in total. The van der Waals surface area contributed by atoms with Gasteiger partial charge in [-0.25, -0.2) is 0 Å². The van der Waals surface area contributed by atoms with Crippen LogP contribution in [0.25, 0.3) is 27.1 Å². The van der Waals surface area contributed by atoms with Crippen LogP contribution in [0.2, 0.25) is 10.0 Å². The van der Waals surface area contributed by atoms with Crippen LogP contribution in [-0.2, 0) is 7.05 Å². The standard InChI is InChI=1S/C13H8Cl2N6S/c1-20-10(9(15)6-16-20)11-17-18-13-21(11)19-12(22-13)7-2-4-8(14)5-3-7/h2-6H,1H3. The summed E-state index contributed by atoms with van der Waals surface area (Å²) in [6.45, 7) is 0. The zero-order valence-electron chi connectivity index (χ0n) is 11.2. The summed E-state index contributed by atoms with van der Waals surface area (Å²) >= 11 is 13.5. The number of rotatable bonds is 2. The predicted octanol–water partition coefficient (Wildman–Crippen LogP) is 3.56. The van der Waals surface area contributed by atoms with Gasteiger partial charge in [-0.3, -0.25) is 4.68 Å². The minimum Gasteiger partial charge on any atom is -0.263 e. The maximum Gasteiger partial charge on any atom is 0.235 e. The molecule has 110 valence electrons. The molecule has 0 fully saturated rings. The minimum atomic E-state index is 0.512. The molecule has 0 aliphatic heterocycles. The maximum absolute atomic E-state index is 6.17. The predicted molar refractivity (Wildman–Crippen MR) is 86.3 cm³/mol. The first-order valence-electron chi connectivity index (χ1n) is 6.29. The lowest BCUT2D eigenvalue weighted by Crippen LogP contribution is -1.98. The van der Waals surface area contributed by atoms with Crippen molar-refractivity contribution in [2.24, 2.45) is 7.05 Å². The number of benzene rings is 1. The Hall–Kier alpha value is -1.96. The van der Waals surface area contributed by atoms with Crippen molar-refractivity contribution < 1.29 is 0 Å². The van der Waals surface area contributed by atoms with Crippen LogP contribution in [0, 0.1) is 0 Å². The normalized spacial score (nSPS) is 11.4. The first kappa shape index (κ1) is 13.7. The Balaban J connectivity index is 1.88. The van der Waals surface area contributed by atoms with Crippen molar-refractivity contribution in [3.63, 3.8) is 0 Å². The largest absolute Gasteiger partial charge is 0.263 e. The molecular weight excluding hydrogens is 343 g/mol. The lowest BCUT2D eigenvalue weighted by Gasteiger charge is -1.98. The number of aryl methyl sites for hydroxylation is 1. The number of hydrogen-bond acceptors (Lipinski definition) is 5. The van der Waals surface area contributed by atoms with Crippen molar-refractivity contribution in [3.8, 4) is 22.1 Å². The van der Waals surface area contributed by atoms with Crippen LogP contribution in [-0.4, -0.2) is 29.6 Å². The van der Waals surface area contributed by atoms with Gasteiger partial charge in [-0.15, -0.1) is 10.2 Å². The van der Waals surface area contributed by atoms with E-state index in [1.54, 1.807) is 22.4 Å². The molecule has 4 aromatic rings. The Morgan fingerprint density at radius 3 is 2.55 bits per heavy atom. The highest BCUT2D eigenvalue weighted by Gasteiger charge is 2.19. The van der Waals surface area contributed by atoms with Gasteiger partial charge in [0.15, 0.2) is 0 Å². The van der Waals surface area contributed by atoms with Crippen LogP contribution < -0.4 is 0 Å². The molecule has 1 aromatic carbocycles. The number of halogens is 2. The number of nitrogens with zero attached hydrogens (tertiary/aromatic N) is 6. The minimum absolute atomic E-state index is 0.512. The van der Waals surface area contributed by atoms with Crippen molar-refractivity contribution >= 4 is 39.5 Å². The van der Waals surface area contributed by atoms with Gasteiger partial charge in [-0.1, -0.05) is 46.7 Å². The van der Waals surface area contributed by atoms with Crippen LogP contribution in [0.1, 0.15) is 0 Å². The third-order valence-corrected chi connectivity index (χ3v) is 4.66. The molecule has 4 rings (SSSR count). The summed E-state index contributed by atoms with van der Waals surface area (Å²) in [5.41, 5.74) is 1.66. The number of hydrogen-bond donors (Lipinski definition) is 0. The van der Waals surface area contributed by atoms with Crippen molar-refractivity contribution in [1.82, 2.24) is 29.6 Å². The van der Waals surface area contributed by atoms with E-state index in [2.05, 4.69) is 20.4 Å². The van der Waals surface area contributed by atoms with E-state index in [1.807, 2.05) is 24.3 Å². The number of aromatic nitrogens is 6. The molecule has 3 aromatic heterocycles. The molecule has 0 spiro atoms. The third-order valence-electron chi connectivity index (χ3n) is 3.19. The molecule has 0 saturated heterocycles. The topological polar surface area (TPSA) is 60.9 Å². The fourth-order valence-corrected chi connectivity index (χ4v) is 3.36. The second kappa shape index (κ2) is 5.05. The summed E-state index contributed by atoms with van der Waals surface area (Å²) in [7, 11) is 1.80. The highest BCUT2D eigenvalue weighted by molar-refractivity contribution is 7.19. The SMILES string of the molecule is Cn1ncc(Cl)c1-c1nnc2sc(-c3ccc(Cl)cc3)nn12. The average Bonchev–Trinajstić information content (AvgIpc) is 3.16. The third kappa shape index (κ3) is 2.09. The van der Waals surface area contributed by atoms with Crippen molar-refractivity contribution in [1.29, 1.82) is 0 Å². The van der Waals surface area contributed by atoms with Crippen molar-refractivity contribution in [2.45, 2.75) is 0 Å². The molecule has 0 radical (unpaired) electrons. The molecule has 0 bridgehead atoms.